The van der Waals surface area contributed by atoms with Gasteiger partial charge in [0.2, 0.25) is 0 Å². The van der Waals surface area contributed by atoms with Gasteiger partial charge in [0.1, 0.15) is 18.5 Å². The van der Waals surface area contributed by atoms with Crippen LogP contribution in [0.3, 0.4) is 0 Å². The Morgan fingerprint density at radius 2 is 1.90 bits per heavy atom. The zero-order chi connectivity index (χ0) is 21.8. The number of ketones is 1. The van der Waals surface area contributed by atoms with Gasteiger partial charge in [0.05, 0.1) is 18.8 Å². The molecule has 3 saturated carbocycles. The predicted octanol–water partition coefficient (Wildman–Crippen LogP) is 1.05. The number of hydrogen-bond donors (Lipinski definition) is 4. The summed E-state index contributed by atoms with van der Waals surface area (Å²) in [6.07, 6.45) is -0.100. The van der Waals surface area contributed by atoms with E-state index in [1.54, 1.807) is 6.92 Å². The second-order valence-electron chi connectivity index (χ2n) is 10.2. The van der Waals surface area contributed by atoms with E-state index in [2.05, 4.69) is 6.92 Å². The lowest BCUT2D eigenvalue weighted by molar-refractivity contribution is -0.226. The van der Waals surface area contributed by atoms with Gasteiger partial charge < -0.3 is 25.2 Å². The molecular formula is C22H36O7. The number of esters is 1. The molecule has 29 heavy (non-hydrogen) atoms. The summed E-state index contributed by atoms with van der Waals surface area (Å²) in [7, 11) is 0. The molecule has 166 valence electrons. The Kier molecular flexibility index (Phi) is 5.93. The van der Waals surface area contributed by atoms with Gasteiger partial charge in [0.25, 0.3) is 0 Å². The van der Waals surface area contributed by atoms with Gasteiger partial charge in [-0.05, 0) is 42.9 Å². The molecule has 2 bridgehead atoms. The number of ether oxygens (including phenoxy) is 1. The summed E-state index contributed by atoms with van der Waals surface area (Å²) in [5, 5.41) is 41.1. The van der Waals surface area contributed by atoms with Gasteiger partial charge in [-0.2, -0.15) is 0 Å². The second kappa shape index (κ2) is 7.59. The molecule has 3 aliphatic rings. The van der Waals surface area contributed by atoms with E-state index < -0.39 is 53.7 Å². The van der Waals surface area contributed by atoms with Gasteiger partial charge in [-0.25, -0.2) is 4.79 Å². The molecule has 0 aromatic rings. The van der Waals surface area contributed by atoms with E-state index in [0.29, 0.717) is 12.8 Å². The lowest BCUT2D eigenvalue weighted by Gasteiger charge is -2.62. The first-order valence-electron chi connectivity index (χ1n) is 10.8. The molecule has 3 rings (SSSR count). The highest BCUT2D eigenvalue weighted by molar-refractivity contribution is 5.85. The first kappa shape index (κ1) is 22.7. The monoisotopic (exact) mass is 412 g/mol. The van der Waals surface area contributed by atoms with Crippen LogP contribution < -0.4 is 0 Å². The van der Waals surface area contributed by atoms with Crippen molar-refractivity contribution in [2.24, 2.45) is 34.0 Å². The summed E-state index contributed by atoms with van der Waals surface area (Å²) in [6, 6.07) is 0. The van der Waals surface area contributed by atoms with E-state index in [9.17, 15) is 30.0 Å². The third kappa shape index (κ3) is 3.08. The van der Waals surface area contributed by atoms with Crippen molar-refractivity contribution in [3.05, 3.63) is 0 Å². The third-order valence-electron chi connectivity index (χ3n) is 9.17. The van der Waals surface area contributed by atoms with Gasteiger partial charge in [-0.1, -0.05) is 27.7 Å². The molecule has 0 aromatic heterocycles. The van der Waals surface area contributed by atoms with Crippen LogP contribution in [0.5, 0.6) is 0 Å². The largest absolute Gasteiger partial charge is 0.460 e. The molecule has 3 fully saturated rings. The van der Waals surface area contributed by atoms with Crippen LogP contribution in [0.4, 0.5) is 0 Å². The number of carbonyl (C=O) groups is 2. The summed E-state index contributed by atoms with van der Waals surface area (Å²) in [5.41, 5.74) is -2.24. The minimum Gasteiger partial charge on any atom is -0.460 e. The average molecular weight is 413 g/mol. The molecule has 0 spiro atoms. The van der Waals surface area contributed by atoms with Gasteiger partial charge in [0, 0.05) is 23.2 Å². The molecule has 0 amide bonds. The van der Waals surface area contributed by atoms with Crippen LogP contribution in [0, 0.1) is 34.0 Å². The van der Waals surface area contributed by atoms with Crippen molar-refractivity contribution >= 4 is 11.8 Å². The molecule has 0 saturated heterocycles. The van der Waals surface area contributed by atoms with Crippen molar-refractivity contribution in [2.75, 3.05) is 13.2 Å². The smallest absolute Gasteiger partial charge is 0.332 e. The fourth-order valence-corrected chi connectivity index (χ4v) is 7.03. The molecule has 7 nitrogen and oxygen atoms in total. The highest BCUT2D eigenvalue weighted by Crippen LogP contribution is 2.68. The van der Waals surface area contributed by atoms with Crippen molar-refractivity contribution in [3.8, 4) is 0 Å². The van der Waals surface area contributed by atoms with Gasteiger partial charge >= 0.3 is 5.97 Å². The van der Waals surface area contributed by atoms with E-state index in [4.69, 9.17) is 4.74 Å². The highest BCUT2D eigenvalue weighted by Gasteiger charge is 2.69. The number of aliphatic hydroxyl groups excluding tert-OH is 4. The molecule has 7 heteroatoms. The average Bonchev–Trinajstić information content (AvgIpc) is 3.06. The molecule has 1 unspecified atom stereocenters. The first-order chi connectivity index (χ1) is 13.5. The van der Waals surface area contributed by atoms with Crippen LogP contribution in [0.25, 0.3) is 0 Å². The second-order valence-corrected chi connectivity index (χ2v) is 10.2. The molecular weight excluding hydrogens is 376 g/mol. The minimum atomic E-state index is -1.21. The summed E-state index contributed by atoms with van der Waals surface area (Å²) in [5.74, 6) is -1.16. The molecule has 3 aliphatic carbocycles. The topological polar surface area (TPSA) is 124 Å². The Bertz CT molecular complexity index is 666. The van der Waals surface area contributed by atoms with Crippen molar-refractivity contribution in [1.82, 2.24) is 0 Å². The fourth-order valence-electron chi connectivity index (χ4n) is 7.03. The highest BCUT2D eigenvalue weighted by atomic mass is 16.6. The SMILES string of the molecule is C[C@@H]1CC[C@@]23CCC(=O)C2[C@]1(C)[C@H](OC(=O)CO)C[C@@](C)([C@H](O)CO)[C@@H](O)[C@@H]3C. The third-order valence-corrected chi connectivity index (χ3v) is 9.17. The van der Waals surface area contributed by atoms with Crippen LogP contribution in [0.15, 0.2) is 0 Å². The van der Waals surface area contributed by atoms with Crippen LogP contribution in [0.1, 0.15) is 59.8 Å². The maximum absolute atomic E-state index is 13.2. The lowest BCUT2D eigenvalue weighted by atomic mass is 9.43. The van der Waals surface area contributed by atoms with Crippen molar-refractivity contribution in [1.29, 1.82) is 0 Å². The van der Waals surface area contributed by atoms with Crippen LogP contribution in [-0.2, 0) is 14.3 Å². The zero-order valence-electron chi connectivity index (χ0n) is 17.9. The van der Waals surface area contributed by atoms with Gasteiger partial charge in [0.15, 0.2) is 0 Å². The van der Waals surface area contributed by atoms with Crippen LogP contribution >= 0.6 is 0 Å². The number of carbonyl (C=O) groups excluding carboxylic acids is 2. The number of Topliss-reactive ketones (excluding diaryl/α,β-unsaturated/α-hetero) is 1. The van der Waals surface area contributed by atoms with E-state index in [0.717, 1.165) is 12.8 Å². The van der Waals surface area contributed by atoms with Gasteiger partial charge in [-0.15, -0.1) is 0 Å². The summed E-state index contributed by atoms with van der Waals surface area (Å²) < 4.78 is 5.72. The van der Waals surface area contributed by atoms with E-state index in [1.165, 1.54) is 0 Å². The number of rotatable bonds is 4. The number of aliphatic hydroxyl groups is 4. The molecule has 0 aromatic carbocycles. The van der Waals surface area contributed by atoms with Gasteiger partial charge in [-0.3, -0.25) is 4.79 Å². The quantitative estimate of drug-likeness (QED) is 0.509. The van der Waals surface area contributed by atoms with Crippen molar-refractivity contribution in [2.45, 2.75) is 78.1 Å². The van der Waals surface area contributed by atoms with E-state index in [-0.39, 0.29) is 30.0 Å². The summed E-state index contributed by atoms with van der Waals surface area (Å²) in [6.45, 7) is 6.43. The van der Waals surface area contributed by atoms with E-state index in [1.807, 2.05) is 13.8 Å². The maximum Gasteiger partial charge on any atom is 0.332 e. The molecule has 9 atom stereocenters. The van der Waals surface area contributed by atoms with E-state index >= 15 is 0 Å². The van der Waals surface area contributed by atoms with Crippen LogP contribution in [-0.4, -0.2) is 63.7 Å². The molecule has 0 aliphatic heterocycles. The predicted molar refractivity (Wildman–Crippen MR) is 105 cm³/mol. The van der Waals surface area contributed by atoms with Crippen LogP contribution in [0.2, 0.25) is 0 Å². The molecule has 0 heterocycles. The summed E-state index contributed by atoms with van der Waals surface area (Å²) in [4.78, 5) is 25.3. The Labute approximate surface area is 172 Å². The Hall–Kier alpha value is -1.02. The normalized spacial score (nSPS) is 48.4. The van der Waals surface area contributed by atoms with Crippen molar-refractivity contribution in [3.63, 3.8) is 0 Å². The Morgan fingerprint density at radius 1 is 1.24 bits per heavy atom. The minimum absolute atomic E-state index is 0.0807. The number of hydrogen-bond acceptors (Lipinski definition) is 7. The Morgan fingerprint density at radius 3 is 2.48 bits per heavy atom. The lowest BCUT2D eigenvalue weighted by Crippen LogP contribution is -2.65. The fraction of sp³-hybridized carbons (Fsp3) is 0.909. The van der Waals surface area contributed by atoms with Crippen molar-refractivity contribution < 1.29 is 34.8 Å². The maximum atomic E-state index is 13.2. The zero-order valence-corrected chi connectivity index (χ0v) is 17.9. The standard InChI is InChI=1S/C22H36O7/c1-12-5-7-22-8-6-14(25)18(22)21(12,4)16(29-17(27)11-24)9-20(3,15(26)10-23)19(28)13(22)2/h12-13,15-16,18-19,23-24,26,28H,5-11H2,1-4H3/t12-,13+,15-,16-,18?,19+,20+,21+,22+/m1/s1. The Balaban J connectivity index is 2.22. The summed E-state index contributed by atoms with van der Waals surface area (Å²) >= 11 is 0. The molecule has 0 radical (unpaired) electrons. The first-order valence-corrected chi connectivity index (χ1v) is 10.8. The molecule has 4 N–H and O–H groups in total.